The van der Waals surface area contributed by atoms with Crippen LogP contribution in [-0.4, -0.2) is 5.38 Å². The highest BCUT2D eigenvalue weighted by Gasteiger charge is 2.31. The molecule has 2 rings (SSSR count). The Morgan fingerprint density at radius 3 is 2.17 bits per heavy atom. The second-order valence-electron chi connectivity index (χ2n) is 4.88. The summed E-state index contributed by atoms with van der Waals surface area (Å²) >= 11 is 6.33. The Kier molecular flexibility index (Phi) is 4.21. The summed E-state index contributed by atoms with van der Waals surface area (Å²) < 4.78 is 37.4. The number of alkyl halides is 4. The lowest BCUT2D eigenvalue weighted by Crippen LogP contribution is -2.12. The van der Waals surface area contributed by atoms with Crippen molar-refractivity contribution in [1.82, 2.24) is 0 Å². The van der Waals surface area contributed by atoms with Crippen molar-refractivity contribution >= 4 is 11.6 Å². The van der Waals surface area contributed by atoms with Gasteiger partial charge in [-0.1, -0.05) is 31.4 Å². The van der Waals surface area contributed by atoms with E-state index < -0.39 is 11.7 Å². The monoisotopic (exact) mass is 276 g/mol. The zero-order chi connectivity index (χ0) is 13.2. The van der Waals surface area contributed by atoms with Crippen LogP contribution in [0.4, 0.5) is 13.2 Å². The van der Waals surface area contributed by atoms with Crippen LogP contribution in [0.1, 0.15) is 49.1 Å². The van der Waals surface area contributed by atoms with Crippen molar-refractivity contribution in [1.29, 1.82) is 0 Å². The lowest BCUT2D eigenvalue weighted by Gasteiger charge is -2.20. The Labute approximate surface area is 110 Å². The smallest absolute Gasteiger partial charge is 0.166 e. The van der Waals surface area contributed by atoms with Crippen molar-refractivity contribution in [2.75, 3.05) is 0 Å². The van der Waals surface area contributed by atoms with Crippen LogP contribution in [-0.2, 0) is 6.18 Å². The van der Waals surface area contributed by atoms with E-state index >= 15 is 0 Å². The predicted molar refractivity (Wildman–Crippen MR) is 66.9 cm³/mol. The molecular weight excluding hydrogens is 261 g/mol. The minimum Gasteiger partial charge on any atom is -0.166 e. The predicted octanol–water partition coefficient (Wildman–Crippen LogP) is 5.36. The van der Waals surface area contributed by atoms with Gasteiger partial charge in [0.25, 0.3) is 0 Å². The van der Waals surface area contributed by atoms with E-state index in [-0.39, 0.29) is 11.3 Å². The van der Waals surface area contributed by atoms with Crippen molar-refractivity contribution in [3.63, 3.8) is 0 Å². The molecule has 0 bridgehead atoms. The van der Waals surface area contributed by atoms with Crippen molar-refractivity contribution in [3.8, 4) is 0 Å². The highest BCUT2D eigenvalue weighted by atomic mass is 35.5. The maximum absolute atomic E-state index is 12.5. The standard InChI is InChI=1S/C14H16ClF3/c15-13-5-3-1-2-4-12(13)10-6-8-11(9-7-10)14(16,17)18/h6-9,12-13H,1-5H2. The van der Waals surface area contributed by atoms with Gasteiger partial charge in [-0.05, 0) is 30.5 Å². The van der Waals surface area contributed by atoms with Gasteiger partial charge in [0, 0.05) is 11.3 Å². The molecule has 0 radical (unpaired) electrons. The Balaban J connectivity index is 2.17. The Morgan fingerprint density at radius 2 is 1.56 bits per heavy atom. The van der Waals surface area contributed by atoms with Gasteiger partial charge in [0.1, 0.15) is 0 Å². The molecular formula is C14H16ClF3. The van der Waals surface area contributed by atoms with Crippen LogP contribution < -0.4 is 0 Å². The van der Waals surface area contributed by atoms with E-state index in [4.69, 9.17) is 11.6 Å². The molecule has 1 aliphatic carbocycles. The zero-order valence-corrected chi connectivity index (χ0v) is 10.8. The van der Waals surface area contributed by atoms with Crippen LogP contribution in [0, 0.1) is 0 Å². The summed E-state index contributed by atoms with van der Waals surface area (Å²) in [6.45, 7) is 0. The molecule has 4 heteroatoms. The molecule has 1 aromatic rings. The summed E-state index contributed by atoms with van der Waals surface area (Å²) in [6.07, 6.45) is 1.05. The summed E-state index contributed by atoms with van der Waals surface area (Å²) in [7, 11) is 0. The van der Waals surface area contributed by atoms with Gasteiger partial charge in [-0.3, -0.25) is 0 Å². The molecule has 2 unspecified atom stereocenters. The maximum atomic E-state index is 12.5. The molecule has 1 aromatic carbocycles. The summed E-state index contributed by atoms with van der Waals surface area (Å²) in [5.41, 5.74) is 0.343. The van der Waals surface area contributed by atoms with Crippen LogP contribution in [0.3, 0.4) is 0 Å². The molecule has 0 aromatic heterocycles. The van der Waals surface area contributed by atoms with E-state index in [1.54, 1.807) is 12.1 Å². The summed E-state index contributed by atoms with van der Waals surface area (Å²) in [4.78, 5) is 0. The first-order chi connectivity index (χ1) is 8.48. The third-order valence-electron chi connectivity index (χ3n) is 3.60. The molecule has 0 heterocycles. The lowest BCUT2D eigenvalue weighted by atomic mass is 9.91. The molecule has 0 aliphatic heterocycles. The van der Waals surface area contributed by atoms with Crippen molar-refractivity contribution < 1.29 is 13.2 Å². The average molecular weight is 277 g/mol. The molecule has 0 nitrogen and oxygen atoms in total. The minimum atomic E-state index is -4.26. The topological polar surface area (TPSA) is 0 Å². The number of rotatable bonds is 1. The van der Waals surface area contributed by atoms with E-state index in [0.717, 1.165) is 43.4 Å². The van der Waals surface area contributed by atoms with E-state index in [1.165, 1.54) is 6.42 Å². The minimum absolute atomic E-state index is 0.0456. The largest absolute Gasteiger partial charge is 0.416 e. The van der Waals surface area contributed by atoms with Gasteiger partial charge < -0.3 is 0 Å². The van der Waals surface area contributed by atoms with Gasteiger partial charge >= 0.3 is 6.18 Å². The first kappa shape index (κ1) is 13.7. The van der Waals surface area contributed by atoms with Crippen LogP contribution >= 0.6 is 11.6 Å². The third-order valence-corrected chi connectivity index (χ3v) is 4.12. The zero-order valence-electron chi connectivity index (χ0n) is 10.0. The number of hydrogen-bond donors (Lipinski definition) is 0. The first-order valence-electron chi connectivity index (χ1n) is 6.30. The molecule has 18 heavy (non-hydrogen) atoms. The number of hydrogen-bond acceptors (Lipinski definition) is 0. The normalized spacial score (nSPS) is 25.8. The molecule has 100 valence electrons. The Morgan fingerprint density at radius 1 is 0.944 bits per heavy atom. The van der Waals surface area contributed by atoms with E-state index in [9.17, 15) is 13.2 Å². The SMILES string of the molecule is FC(F)(F)c1ccc(C2CCCCCC2Cl)cc1. The van der Waals surface area contributed by atoms with E-state index in [2.05, 4.69) is 0 Å². The second-order valence-corrected chi connectivity index (χ2v) is 5.44. The van der Waals surface area contributed by atoms with E-state index in [0.29, 0.717) is 0 Å². The van der Waals surface area contributed by atoms with Crippen LogP contribution in [0.5, 0.6) is 0 Å². The maximum Gasteiger partial charge on any atom is 0.416 e. The molecule has 0 amide bonds. The number of benzene rings is 1. The third kappa shape index (κ3) is 3.19. The molecule has 1 aliphatic rings. The molecule has 0 spiro atoms. The summed E-state index contributed by atoms with van der Waals surface area (Å²) in [5, 5.41) is 0.0456. The van der Waals surface area contributed by atoms with Crippen molar-refractivity contribution in [3.05, 3.63) is 35.4 Å². The fourth-order valence-corrected chi connectivity index (χ4v) is 2.98. The van der Waals surface area contributed by atoms with E-state index in [1.807, 2.05) is 0 Å². The van der Waals surface area contributed by atoms with Gasteiger partial charge in [0.15, 0.2) is 0 Å². The van der Waals surface area contributed by atoms with Gasteiger partial charge in [-0.2, -0.15) is 13.2 Å². The Bertz CT molecular complexity index is 383. The molecule has 1 fully saturated rings. The average Bonchev–Trinajstić information content (AvgIpc) is 2.53. The fraction of sp³-hybridized carbons (Fsp3) is 0.571. The quantitative estimate of drug-likeness (QED) is 0.478. The highest BCUT2D eigenvalue weighted by molar-refractivity contribution is 6.21. The van der Waals surface area contributed by atoms with Gasteiger partial charge in [0.2, 0.25) is 0 Å². The molecule has 0 N–H and O–H groups in total. The Hall–Kier alpha value is -0.700. The summed E-state index contributed by atoms with van der Waals surface area (Å²) in [5.74, 6) is 0.191. The van der Waals surface area contributed by atoms with Crippen molar-refractivity contribution in [2.24, 2.45) is 0 Å². The van der Waals surface area contributed by atoms with Gasteiger partial charge in [-0.15, -0.1) is 11.6 Å². The van der Waals surface area contributed by atoms with Gasteiger partial charge in [-0.25, -0.2) is 0 Å². The van der Waals surface area contributed by atoms with Gasteiger partial charge in [0.05, 0.1) is 5.56 Å². The molecule has 0 saturated heterocycles. The summed E-state index contributed by atoms with van der Waals surface area (Å²) in [6, 6.07) is 5.47. The van der Waals surface area contributed by atoms with Crippen LogP contribution in [0.15, 0.2) is 24.3 Å². The van der Waals surface area contributed by atoms with Crippen LogP contribution in [0.2, 0.25) is 0 Å². The first-order valence-corrected chi connectivity index (χ1v) is 6.73. The second kappa shape index (κ2) is 5.52. The lowest BCUT2D eigenvalue weighted by molar-refractivity contribution is -0.137. The highest BCUT2D eigenvalue weighted by Crippen LogP contribution is 2.36. The number of halogens is 4. The van der Waals surface area contributed by atoms with Crippen molar-refractivity contribution in [2.45, 2.75) is 49.6 Å². The van der Waals surface area contributed by atoms with Crippen LogP contribution in [0.25, 0.3) is 0 Å². The molecule has 1 saturated carbocycles. The molecule has 2 atom stereocenters. The fourth-order valence-electron chi connectivity index (χ4n) is 2.56.